The number of anilines is 1. The molecule has 0 spiro atoms. The number of unbranched alkanes of at least 4 members (excludes halogenated alkanes) is 1. The van der Waals surface area contributed by atoms with Crippen LogP contribution in [0.25, 0.3) is 11.1 Å². The molecular weight excluding hydrogens is 635 g/mol. The number of likely N-dealkylation sites (tertiary alicyclic amines) is 1. The third kappa shape index (κ3) is 9.52. The SMILES string of the molecule is CCC/C=C1\NC(C)=CC(C)=C1CNC(=O)c1cc(-c2ccc(CN3CCOCC3)cc2)cc(N(CC)C2CCN(C(=O)C(C)(C)C)CC2)c1C. The molecule has 0 radical (unpaired) electrons. The maximum atomic E-state index is 14.2. The van der Waals surface area contributed by atoms with E-state index in [4.69, 9.17) is 4.74 Å². The van der Waals surface area contributed by atoms with Gasteiger partial charge in [0.25, 0.3) is 5.91 Å². The van der Waals surface area contributed by atoms with Crippen LogP contribution in [0.1, 0.15) is 95.6 Å². The highest BCUT2D eigenvalue weighted by Crippen LogP contribution is 2.35. The lowest BCUT2D eigenvalue weighted by molar-refractivity contribution is -0.140. The Kier molecular flexibility index (Phi) is 12.9. The van der Waals surface area contributed by atoms with Crippen LogP contribution in [0.5, 0.6) is 0 Å². The fourth-order valence-corrected chi connectivity index (χ4v) is 7.61. The average molecular weight is 696 g/mol. The molecule has 8 heteroatoms. The third-order valence-electron chi connectivity index (χ3n) is 10.5. The standard InChI is InChI=1S/C43H61N5O3/c1-9-11-12-39-38(30(3)25-31(4)45-39)28-44-41(49)37-26-35(34-15-13-33(14-16-34)29-46-21-23-51-24-22-46)27-40(32(37)5)48(10-2)36-17-19-47(20-18-36)42(50)43(6,7)8/h12-16,25-27,36,45H,9-11,17-24,28-29H2,1-8H3,(H,44,49)/b39-12-. The molecule has 276 valence electrons. The molecule has 2 aromatic rings. The van der Waals surface area contributed by atoms with Gasteiger partial charge in [-0.1, -0.05) is 64.5 Å². The van der Waals surface area contributed by atoms with Gasteiger partial charge in [0.05, 0.1) is 13.2 Å². The predicted octanol–water partition coefficient (Wildman–Crippen LogP) is 7.59. The topological polar surface area (TPSA) is 77.2 Å². The van der Waals surface area contributed by atoms with Crippen LogP contribution in [-0.2, 0) is 16.1 Å². The molecule has 2 fully saturated rings. The van der Waals surface area contributed by atoms with Crippen molar-refractivity contribution < 1.29 is 14.3 Å². The summed E-state index contributed by atoms with van der Waals surface area (Å²) >= 11 is 0. The van der Waals surface area contributed by atoms with Gasteiger partial charge in [-0.15, -0.1) is 0 Å². The zero-order valence-electron chi connectivity index (χ0n) is 32.5. The van der Waals surface area contributed by atoms with Crippen molar-refractivity contribution in [1.82, 2.24) is 20.4 Å². The number of carbonyl (C=O) groups excluding carboxylic acids is 2. The highest BCUT2D eigenvalue weighted by atomic mass is 16.5. The molecule has 2 aromatic carbocycles. The van der Waals surface area contributed by atoms with Gasteiger partial charge < -0.3 is 25.2 Å². The highest BCUT2D eigenvalue weighted by Gasteiger charge is 2.33. The van der Waals surface area contributed by atoms with E-state index in [9.17, 15) is 9.59 Å². The Bertz CT molecular complexity index is 1630. The molecule has 2 N–H and O–H groups in total. The number of nitrogens with one attached hydrogen (secondary N) is 2. The van der Waals surface area contributed by atoms with Crippen LogP contribution in [0.2, 0.25) is 0 Å². The summed E-state index contributed by atoms with van der Waals surface area (Å²) < 4.78 is 5.54. The lowest BCUT2D eigenvalue weighted by Gasteiger charge is -2.41. The van der Waals surface area contributed by atoms with Crippen LogP contribution in [0, 0.1) is 12.3 Å². The minimum atomic E-state index is -0.383. The fourth-order valence-electron chi connectivity index (χ4n) is 7.61. The number of nitrogens with zero attached hydrogens (tertiary/aromatic N) is 3. The Balaban J connectivity index is 1.45. The number of benzene rings is 2. The van der Waals surface area contributed by atoms with Gasteiger partial charge >= 0.3 is 0 Å². The van der Waals surface area contributed by atoms with E-state index in [-0.39, 0.29) is 23.3 Å². The Morgan fingerprint density at radius 1 is 0.980 bits per heavy atom. The van der Waals surface area contributed by atoms with E-state index in [0.717, 1.165) is 118 Å². The largest absolute Gasteiger partial charge is 0.379 e. The van der Waals surface area contributed by atoms with Gasteiger partial charge in [0, 0.05) is 79.9 Å². The third-order valence-corrected chi connectivity index (χ3v) is 10.5. The van der Waals surface area contributed by atoms with Gasteiger partial charge in [0.15, 0.2) is 0 Å². The molecule has 2 amide bonds. The first-order valence-corrected chi connectivity index (χ1v) is 19.1. The summed E-state index contributed by atoms with van der Waals surface area (Å²) in [6.45, 7) is 23.8. The molecule has 0 aromatic heterocycles. The first-order chi connectivity index (χ1) is 24.4. The van der Waals surface area contributed by atoms with Crippen LogP contribution in [0.15, 0.2) is 71.1 Å². The normalized spacial score (nSPS) is 18.5. The number of allylic oxidation sites excluding steroid dienone is 4. The van der Waals surface area contributed by atoms with Gasteiger partial charge in [0.2, 0.25) is 5.91 Å². The minimum Gasteiger partial charge on any atom is -0.379 e. The molecule has 0 unspecified atom stereocenters. The van der Waals surface area contributed by atoms with Gasteiger partial charge in [-0.3, -0.25) is 14.5 Å². The second kappa shape index (κ2) is 17.1. The summed E-state index contributed by atoms with van der Waals surface area (Å²) in [4.78, 5) is 34.3. The van der Waals surface area contributed by atoms with Crippen LogP contribution in [-0.4, -0.2) is 80.1 Å². The van der Waals surface area contributed by atoms with Crippen molar-refractivity contribution in [3.8, 4) is 11.1 Å². The Labute approximate surface area is 307 Å². The van der Waals surface area contributed by atoms with Gasteiger partial charge in [-0.05, 0) is 98.6 Å². The summed E-state index contributed by atoms with van der Waals surface area (Å²) in [5, 5.41) is 6.83. The molecule has 3 aliphatic heterocycles. The molecule has 0 aliphatic carbocycles. The summed E-state index contributed by atoms with van der Waals surface area (Å²) in [5.74, 6) is 0.151. The summed E-state index contributed by atoms with van der Waals surface area (Å²) in [6, 6.07) is 13.4. The predicted molar refractivity (Wildman–Crippen MR) is 210 cm³/mol. The monoisotopic (exact) mass is 695 g/mol. The molecule has 51 heavy (non-hydrogen) atoms. The molecule has 5 rings (SSSR count). The van der Waals surface area contributed by atoms with E-state index in [2.05, 4.69) is 104 Å². The Hall–Kier alpha value is -3.88. The average Bonchev–Trinajstić information content (AvgIpc) is 3.11. The zero-order valence-corrected chi connectivity index (χ0v) is 32.5. The van der Waals surface area contributed by atoms with Crippen molar-refractivity contribution in [2.24, 2.45) is 5.41 Å². The Morgan fingerprint density at radius 2 is 1.67 bits per heavy atom. The summed E-state index contributed by atoms with van der Waals surface area (Å²) in [7, 11) is 0. The van der Waals surface area contributed by atoms with Crippen LogP contribution < -0.4 is 15.5 Å². The molecule has 3 aliphatic rings. The van der Waals surface area contributed by atoms with Crippen LogP contribution >= 0.6 is 0 Å². The number of amides is 2. The van der Waals surface area contributed by atoms with Crippen molar-refractivity contribution in [3.05, 3.63) is 87.8 Å². The van der Waals surface area contributed by atoms with E-state index >= 15 is 0 Å². The van der Waals surface area contributed by atoms with Crippen LogP contribution in [0.4, 0.5) is 5.69 Å². The van der Waals surface area contributed by atoms with Crippen molar-refractivity contribution in [2.75, 3.05) is 57.4 Å². The van der Waals surface area contributed by atoms with E-state index in [0.29, 0.717) is 12.1 Å². The number of dihydropyridines is 1. The smallest absolute Gasteiger partial charge is 0.251 e. The zero-order chi connectivity index (χ0) is 36.7. The van der Waals surface area contributed by atoms with E-state index < -0.39 is 0 Å². The minimum absolute atomic E-state index is 0.0670. The highest BCUT2D eigenvalue weighted by molar-refractivity contribution is 5.99. The molecule has 0 bridgehead atoms. The van der Waals surface area contributed by atoms with E-state index in [1.54, 1.807) is 0 Å². The summed E-state index contributed by atoms with van der Waals surface area (Å²) in [5.41, 5.74) is 10.3. The second-order valence-corrected chi connectivity index (χ2v) is 15.5. The number of ether oxygens (including phenoxy) is 1. The molecule has 8 nitrogen and oxygen atoms in total. The first-order valence-electron chi connectivity index (χ1n) is 19.1. The molecule has 3 heterocycles. The quantitative estimate of drug-likeness (QED) is 0.252. The molecule has 0 atom stereocenters. The van der Waals surface area contributed by atoms with Gasteiger partial charge in [-0.25, -0.2) is 0 Å². The maximum Gasteiger partial charge on any atom is 0.251 e. The maximum absolute atomic E-state index is 14.2. The van der Waals surface area contributed by atoms with Crippen molar-refractivity contribution in [1.29, 1.82) is 0 Å². The number of morpholine rings is 1. The van der Waals surface area contributed by atoms with Crippen molar-refractivity contribution >= 4 is 17.5 Å². The second-order valence-electron chi connectivity index (χ2n) is 15.5. The van der Waals surface area contributed by atoms with Crippen molar-refractivity contribution in [3.63, 3.8) is 0 Å². The van der Waals surface area contributed by atoms with Crippen molar-refractivity contribution in [2.45, 2.75) is 93.7 Å². The molecule has 2 saturated heterocycles. The van der Waals surface area contributed by atoms with E-state index in [1.165, 1.54) is 11.1 Å². The summed E-state index contributed by atoms with van der Waals surface area (Å²) in [6.07, 6.45) is 8.24. The fraction of sp³-hybridized carbons (Fsp3) is 0.535. The molecular formula is C43H61N5O3. The van der Waals surface area contributed by atoms with Crippen LogP contribution in [0.3, 0.4) is 0 Å². The number of piperidine rings is 1. The number of carbonyl (C=O) groups is 2. The number of rotatable bonds is 11. The number of hydrogen-bond acceptors (Lipinski definition) is 6. The van der Waals surface area contributed by atoms with Gasteiger partial charge in [-0.2, -0.15) is 0 Å². The lowest BCUT2D eigenvalue weighted by Crippen LogP contribution is -2.49. The van der Waals surface area contributed by atoms with Gasteiger partial charge in [0.1, 0.15) is 0 Å². The van der Waals surface area contributed by atoms with E-state index in [1.807, 2.05) is 25.7 Å². The lowest BCUT2D eigenvalue weighted by atomic mass is 9.91. The first kappa shape index (κ1) is 38.4. The number of hydrogen-bond donors (Lipinski definition) is 2. The Morgan fingerprint density at radius 3 is 2.29 bits per heavy atom. The molecule has 0 saturated carbocycles.